The topological polar surface area (TPSA) is 74.0 Å². The number of nitriles is 1. The molecule has 0 atom stereocenters. The molecule has 0 bridgehead atoms. The number of nitrogens with zero attached hydrogens (tertiary/aromatic N) is 2. The van der Waals surface area contributed by atoms with Gasteiger partial charge in [0.25, 0.3) is 0 Å². The Morgan fingerprint density at radius 1 is 1.73 bits per heavy atom. The molecule has 1 N–H and O–H groups in total. The van der Waals surface area contributed by atoms with E-state index in [1.165, 1.54) is 18.3 Å². The number of pyridine rings is 1. The third-order valence-electron chi connectivity index (χ3n) is 1.63. The molecule has 1 aromatic rings. The number of allylic oxidation sites excluding steroid dienone is 1. The van der Waals surface area contributed by atoms with Gasteiger partial charge >= 0.3 is 5.97 Å². The summed E-state index contributed by atoms with van der Waals surface area (Å²) in [6.45, 7) is 0. The predicted octanol–water partition coefficient (Wildman–Crippen LogP) is 1.85. The van der Waals surface area contributed by atoms with Crippen molar-refractivity contribution in [3.05, 3.63) is 35.4 Å². The predicted molar refractivity (Wildman–Crippen MR) is 50.4 cm³/mol. The molecule has 5 heteroatoms. The molecule has 15 heavy (non-hydrogen) atoms. The Morgan fingerprint density at radius 2 is 2.47 bits per heavy atom. The second-order valence-corrected chi connectivity index (χ2v) is 2.63. The molecule has 76 valence electrons. The Labute approximate surface area is 85.3 Å². The molecule has 0 radical (unpaired) electrons. The summed E-state index contributed by atoms with van der Waals surface area (Å²) in [5.74, 6) is -2.23. The minimum Gasteiger partial charge on any atom is -0.478 e. The standard InChI is InChI=1S/C10H7FN2O2/c11-9-7(10(14)15)4-6-13-8(9)3-1-2-5-12/h1,3-4,6H,2H2,(H,14,15). The highest BCUT2D eigenvalue weighted by Gasteiger charge is 2.12. The average molecular weight is 206 g/mol. The van der Waals surface area contributed by atoms with E-state index in [1.54, 1.807) is 0 Å². The lowest BCUT2D eigenvalue weighted by Gasteiger charge is -1.99. The molecule has 0 aliphatic rings. The summed E-state index contributed by atoms with van der Waals surface area (Å²) in [5, 5.41) is 16.9. The second kappa shape index (κ2) is 4.86. The van der Waals surface area contributed by atoms with Gasteiger partial charge in [0.1, 0.15) is 0 Å². The summed E-state index contributed by atoms with van der Waals surface area (Å²) in [7, 11) is 0. The molecule has 0 aromatic carbocycles. The third-order valence-corrected chi connectivity index (χ3v) is 1.63. The van der Waals surface area contributed by atoms with Crippen LogP contribution in [0.25, 0.3) is 6.08 Å². The van der Waals surface area contributed by atoms with Crippen LogP contribution in [0.4, 0.5) is 4.39 Å². The van der Waals surface area contributed by atoms with E-state index in [2.05, 4.69) is 4.98 Å². The van der Waals surface area contributed by atoms with E-state index in [1.807, 2.05) is 6.07 Å². The summed E-state index contributed by atoms with van der Waals surface area (Å²) in [4.78, 5) is 14.2. The van der Waals surface area contributed by atoms with Crippen LogP contribution >= 0.6 is 0 Å². The molecule has 0 aliphatic carbocycles. The molecule has 0 fully saturated rings. The highest BCUT2D eigenvalue weighted by molar-refractivity contribution is 5.88. The van der Waals surface area contributed by atoms with E-state index in [0.717, 1.165) is 6.07 Å². The zero-order valence-corrected chi connectivity index (χ0v) is 7.64. The number of hydrogen-bond donors (Lipinski definition) is 1. The Morgan fingerprint density at radius 3 is 3.07 bits per heavy atom. The summed E-state index contributed by atoms with van der Waals surface area (Å²) < 4.78 is 13.4. The van der Waals surface area contributed by atoms with E-state index >= 15 is 0 Å². The van der Waals surface area contributed by atoms with Crippen LogP contribution in [0.15, 0.2) is 18.3 Å². The molecule has 0 saturated heterocycles. The first-order valence-corrected chi connectivity index (χ1v) is 4.08. The smallest absolute Gasteiger partial charge is 0.338 e. The Balaban J connectivity index is 3.06. The van der Waals surface area contributed by atoms with Crippen LogP contribution in [0.1, 0.15) is 22.5 Å². The molecule has 1 rings (SSSR count). The van der Waals surface area contributed by atoms with E-state index < -0.39 is 17.3 Å². The number of aromatic nitrogens is 1. The van der Waals surface area contributed by atoms with E-state index in [0.29, 0.717) is 0 Å². The number of hydrogen-bond acceptors (Lipinski definition) is 3. The highest BCUT2D eigenvalue weighted by atomic mass is 19.1. The largest absolute Gasteiger partial charge is 0.478 e. The van der Waals surface area contributed by atoms with Crippen molar-refractivity contribution in [2.45, 2.75) is 6.42 Å². The molecule has 0 unspecified atom stereocenters. The maximum atomic E-state index is 13.4. The summed E-state index contributed by atoms with van der Waals surface area (Å²) in [6.07, 6.45) is 4.03. The van der Waals surface area contributed by atoms with Crippen molar-refractivity contribution in [3.63, 3.8) is 0 Å². The first kappa shape index (κ1) is 10.9. The first-order chi connectivity index (χ1) is 7.16. The molecule has 1 heterocycles. The summed E-state index contributed by atoms with van der Waals surface area (Å²) in [5.41, 5.74) is -0.508. The van der Waals surface area contributed by atoms with Gasteiger partial charge in [-0.3, -0.25) is 4.98 Å². The number of carbonyl (C=O) groups is 1. The number of rotatable bonds is 3. The lowest BCUT2D eigenvalue weighted by atomic mass is 10.2. The molecule has 0 saturated carbocycles. The zero-order valence-electron chi connectivity index (χ0n) is 7.64. The minimum absolute atomic E-state index is 0.0786. The Kier molecular flexibility index (Phi) is 3.52. The zero-order chi connectivity index (χ0) is 11.3. The van der Waals surface area contributed by atoms with Gasteiger partial charge < -0.3 is 5.11 Å². The van der Waals surface area contributed by atoms with Crippen molar-refractivity contribution in [3.8, 4) is 6.07 Å². The first-order valence-electron chi connectivity index (χ1n) is 4.08. The van der Waals surface area contributed by atoms with Gasteiger partial charge in [-0.1, -0.05) is 6.08 Å². The van der Waals surface area contributed by atoms with Gasteiger partial charge in [0.2, 0.25) is 0 Å². The summed E-state index contributed by atoms with van der Waals surface area (Å²) >= 11 is 0. The highest BCUT2D eigenvalue weighted by Crippen LogP contribution is 2.11. The lowest BCUT2D eigenvalue weighted by Crippen LogP contribution is -2.03. The van der Waals surface area contributed by atoms with Crippen molar-refractivity contribution < 1.29 is 14.3 Å². The van der Waals surface area contributed by atoms with Crippen LogP contribution in [0.5, 0.6) is 0 Å². The van der Waals surface area contributed by atoms with Gasteiger partial charge in [0.05, 0.1) is 23.7 Å². The molecule has 1 aromatic heterocycles. The number of carboxylic acid groups (broad SMARTS) is 1. The fraction of sp³-hybridized carbons (Fsp3) is 0.100. The lowest BCUT2D eigenvalue weighted by molar-refractivity contribution is 0.0691. The molecule has 0 aliphatic heterocycles. The molecule has 4 nitrogen and oxygen atoms in total. The second-order valence-electron chi connectivity index (χ2n) is 2.63. The third kappa shape index (κ3) is 2.61. The van der Waals surface area contributed by atoms with Crippen molar-refractivity contribution in [1.29, 1.82) is 5.26 Å². The summed E-state index contributed by atoms with van der Waals surface area (Å²) in [6, 6.07) is 2.92. The van der Waals surface area contributed by atoms with Gasteiger partial charge in [0.15, 0.2) is 5.82 Å². The van der Waals surface area contributed by atoms with E-state index in [-0.39, 0.29) is 12.1 Å². The van der Waals surface area contributed by atoms with Crippen molar-refractivity contribution in [1.82, 2.24) is 4.98 Å². The number of carboxylic acids is 1. The van der Waals surface area contributed by atoms with Gasteiger partial charge in [-0.25, -0.2) is 9.18 Å². The van der Waals surface area contributed by atoms with Crippen molar-refractivity contribution >= 4 is 12.0 Å². The van der Waals surface area contributed by atoms with Gasteiger partial charge in [-0.05, 0) is 12.1 Å². The van der Waals surface area contributed by atoms with Crippen molar-refractivity contribution in [2.24, 2.45) is 0 Å². The van der Waals surface area contributed by atoms with Crippen LogP contribution in [0.2, 0.25) is 0 Å². The van der Waals surface area contributed by atoms with Crippen LogP contribution in [0.3, 0.4) is 0 Å². The van der Waals surface area contributed by atoms with E-state index in [9.17, 15) is 9.18 Å². The monoisotopic (exact) mass is 206 g/mol. The van der Waals surface area contributed by atoms with Crippen molar-refractivity contribution in [2.75, 3.05) is 0 Å². The molecule has 0 spiro atoms. The van der Waals surface area contributed by atoms with Gasteiger partial charge in [-0.2, -0.15) is 5.26 Å². The fourth-order valence-electron chi connectivity index (χ4n) is 0.965. The molecular weight excluding hydrogens is 199 g/mol. The normalized spacial score (nSPS) is 10.1. The maximum absolute atomic E-state index is 13.4. The van der Waals surface area contributed by atoms with Crippen LogP contribution in [-0.2, 0) is 0 Å². The van der Waals surface area contributed by atoms with E-state index in [4.69, 9.17) is 10.4 Å². The number of aromatic carboxylic acids is 1. The van der Waals surface area contributed by atoms with Crippen LogP contribution < -0.4 is 0 Å². The average Bonchev–Trinajstić information content (AvgIpc) is 2.20. The molecule has 0 amide bonds. The van der Waals surface area contributed by atoms with Crippen LogP contribution in [-0.4, -0.2) is 16.1 Å². The Hall–Kier alpha value is -2.22. The number of halogens is 1. The fourth-order valence-corrected chi connectivity index (χ4v) is 0.965. The van der Waals surface area contributed by atoms with Gasteiger partial charge in [0, 0.05) is 6.20 Å². The van der Waals surface area contributed by atoms with Crippen LogP contribution in [0, 0.1) is 17.1 Å². The maximum Gasteiger partial charge on any atom is 0.338 e. The quantitative estimate of drug-likeness (QED) is 0.818. The molecular formula is C10H7FN2O2. The van der Waals surface area contributed by atoms with Gasteiger partial charge in [-0.15, -0.1) is 0 Å². The minimum atomic E-state index is -1.34. The SMILES string of the molecule is N#CCC=Cc1nccc(C(=O)O)c1F. The Bertz CT molecular complexity index is 449.